The first-order chi connectivity index (χ1) is 9.42. The van der Waals surface area contributed by atoms with E-state index in [0.29, 0.717) is 5.56 Å². The van der Waals surface area contributed by atoms with Crippen LogP contribution in [0.3, 0.4) is 0 Å². The number of amides is 1. The molecular formula is C15H20N2O3. The molecule has 0 radical (unpaired) electrons. The minimum absolute atomic E-state index is 0.132. The fourth-order valence-corrected chi connectivity index (χ4v) is 2.64. The van der Waals surface area contributed by atoms with E-state index in [1.165, 1.54) is 12.1 Å². The van der Waals surface area contributed by atoms with Gasteiger partial charge in [-0.1, -0.05) is 6.07 Å². The predicted molar refractivity (Wildman–Crippen MR) is 76.0 cm³/mol. The number of nitrogens with zero attached hydrogens (tertiary/aromatic N) is 1. The van der Waals surface area contributed by atoms with E-state index in [1.807, 2.05) is 14.1 Å². The van der Waals surface area contributed by atoms with Gasteiger partial charge in [0.2, 0.25) is 0 Å². The molecule has 1 fully saturated rings. The van der Waals surface area contributed by atoms with E-state index in [2.05, 4.69) is 10.2 Å². The molecule has 5 nitrogen and oxygen atoms in total. The number of rotatable bonds is 5. The quantitative estimate of drug-likeness (QED) is 0.857. The van der Waals surface area contributed by atoms with Gasteiger partial charge in [0, 0.05) is 12.1 Å². The Bertz CT molecular complexity index is 522. The van der Waals surface area contributed by atoms with E-state index in [0.717, 1.165) is 25.8 Å². The lowest BCUT2D eigenvalue weighted by atomic mass is 9.76. The fourth-order valence-electron chi connectivity index (χ4n) is 2.64. The maximum Gasteiger partial charge on any atom is 0.335 e. The van der Waals surface area contributed by atoms with E-state index in [4.69, 9.17) is 5.11 Å². The lowest BCUT2D eigenvalue weighted by Gasteiger charge is -2.44. The van der Waals surface area contributed by atoms with Crippen molar-refractivity contribution in [1.82, 2.24) is 10.2 Å². The summed E-state index contributed by atoms with van der Waals surface area (Å²) in [7, 11) is 3.97. The van der Waals surface area contributed by atoms with Gasteiger partial charge in [0.25, 0.3) is 5.91 Å². The van der Waals surface area contributed by atoms with Crippen molar-refractivity contribution in [3.63, 3.8) is 0 Å². The van der Waals surface area contributed by atoms with Crippen molar-refractivity contribution in [2.45, 2.75) is 24.8 Å². The normalized spacial score (nSPS) is 16.6. The topological polar surface area (TPSA) is 69.6 Å². The van der Waals surface area contributed by atoms with Crippen LogP contribution >= 0.6 is 0 Å². The number of aromatic carboxylic acids is 1. The molecule has 1 saturated carbocycles. The summed E-state index contributed by atoms with van der Waals surface area (Å²) in [6.45, 7) is 0.803. The zero-order valence-corrected chi connectivity index (χ0v) is 11.8. The van der Waals surface area contributed by atoms with E-state index in [1.54, 1.807) is 12.1 Å². The number of nitrogens with one attached hydrogen (secondary N) is 1. The van der Waals surface area contributed by atoms with Crippen molar-refractivity contribution in [3.8, 4) is 0 Å². The number of hydrogen-bond acceptors (Lipinski definition) is 3. The molecule has 0 aliphatic heterocycles. The second-order valence-corrected chi connectivity index (χ2v) is 5.71. The summed E-state index contributed by atoms with van der Waals surface area (Å²) < 4.78 is 0. The van der Waals surface area contributed by atoms with Crippen molar-refractivity contribution in [2.75, 3.05) is 20.6 Å². The molecule has 1 aromatic carbocycles. The van der Waals surface area contributed by atoms with Crippen LogP contribution in [0.15, 0.2) is 24.3 Å². The Morgan fingerprint density at radius 3 is 2.45 bits per heavy atom. The molecule has 1 aliphatic rings. The van der Waals surface area contributed by atoms with Gasteiger partial charge in [-0.3, -0.25) is 4.79 Å². The van der Waals surface area contributed by atoms with Gasteiger partial charge < -0.3 is 15.3 Å². The molecule has 0 atom stereocenters. The Morgan fingerprint density at radius 1 is 1.30 bits per heavy atom. The standard InChI is InChI=1S/C15H20N2O3/c1-17(2)10-15(7-4-8-15)16-13(18)11-5-3-6-12(9-11)14(19)20/h3,5-6,9H,4,7-8,10H2,1-2H3,(H,16,18)(H,19,20). The van der Waals surface area contributed by atoms with Gasteiger partial charge in [-0.25, -0.2) is 4.79 Å². The molecular weight excluding hydrogens is 256 g/mol. The highest BCUT2D eigenvalue weighted by Gasteiger charge is 2.38. The third kappa shape index (κ3) is 3.17. The maximum absolute atomic E-state index is 12.3. The van der Waals surface area contributed by atoms with E-state index >= 15 is 0 Å². The molecule has 5 heteroatoms. The number of likely N-dealkylation sites (N-methyl/N-ethyl adjacent to an activating group) is 1. The third-order valence-corrected chi connectivity index (χ3v) is 3.68. The number of carboxylic acids is 1. The molecule has 0 unspecified atom stereocenters. The summed E-state index contributed by atoms with van der Waals surface area (Å²) >= 11 is 0. The highest BCUT2D eigenvalue weighted by molar-refractivity contribution is 5.97. The van der Waals surface area contributed by atoms with Crippen molar-refractivity contribution < 1.29 is 14.7 Å². The number of carbonyl (C=O) groups is 2. The van der Waals surface area contributed by atoms with Crippen LogP contribution in [0.5, 0.6) is 0 Å². The van der Waals surface area contributed by atoms with Gasteiger partial charge in [-0.2, -0.15) is 0 Å². The number of carboxylic acid groups (broad SMARTS) is 1. The second kappa shape index (κ2) is 5.63. The van der Waals surface area contributed by atoms with E-state index < -0.39 is 5.97 Å². The highest BCUT2D eigenvalue weighted by atomic mass is 16.4. The average Bonchev–Trinajstić information content (AvgIpc) is 2.35. The van der Waals surface area contributed by atoms with Crippen LogP contribution in [0, 0.1) is 0 Å². The molecule has 2 N–H and O–H groups in total. The summed E-state index contributed by atoms with van der Waals surface area (Å²) in [6, 6.07) is 6.14. The van der Waals surface area contributed by atoms with Gasteiger partial charge in [0.05, 0.1) is 11.1 Å². The summed E-state index contributed by atoms with van der Waals surface area (Å²) in [5.41, 5.74) is 0.364. The van der Waals surface area contributed by atoms with Crippen molar-refractivity contribution in [1.29, 1.82) is 0 Å². The zero-order chi connectivity index (χ0) is 14.8. The Labute approximate surface area is 118 Å². The number of benzene rings is 1. The maximum atomic E-state index is 12.3. The van der Waals surface area contributed by atoms with Crippen molar-refractivity contribution >= 4 is 11.9 Å². The van der Waals surface area contributed by atoms with Crippen LogP contribution in [0.4, 0.5) is 0 Å². The first kappa shape index (κ1) is 14.5. The largest absolute Gasteiger partial charge is 0.478 e. The Morgan fingerprint density at radius 2 is 1.95 bits per heavy atom. The Balaban J connectivity index is 2.11. The van der Waals surface area contributed by atoms with Crippen LogP contribution in [-0.2, 0) is 0 Å². The zero-order valence-electron chi connectivity index (χ0n) is 11.8. The van der Waals surface area contributed by atoms with Gasteiger partial charge in [-0.05, 0) is 51.6 Å². The summed E-state index contributed by atoms with van der Waals surface area (Å²) in [4.78, 5) is 25.3. The molecule has 0 heterocycles. The molecule has 108 valence electrons. The monoisotopic (exact) mass is 276 g/mol. The first-order valence-corrected chi connectivity index (χ1v) is 6.72. The minimum Gasteiger partial charge on any atom is -0.478 e. The molecule has 0 bridgehead atoms. The van der Waals surface area contributed by atoms with Crippen LogP contribution in [-0.4, -0.2) is 48.1 Å². The summed E-state index contributed by atoms with van der Waals surface area (Å²) in [6.07, 6.45) is 3.05. The third-order valence-electron chi connectivity index (χ3n) is 3.68. The van der Waals surface area contributed by atoms with Crippen LogP contribution in [0.1, 0.15) is 40.0 Å². The second-order valence-electron chi connectivity index (χ2n) is 5.71. The molecule has 20 heavy (non-hydrogen) atoms. The molecule has 0 saturated heterocycles. The smallest absolute Gasteiger partial charge is 0.335 e. The summed E-state index contributed by atoms with van der Waals surface area (Å²) in [5, 5.41) is 12.0. The molecule has 2 rings (SSSR count). The molecule has 0 aromatic heterocycles. The molecule has 1 aromatic rings. The van der Waals surface area contributed by atoms with Gasteiger partial charge >= 0.3 is 5.97 Å². The SMILES string of the molecule is CN(C)CC1(NC(=O)c2cccc(C(=O)O)c2)CCC1. The van der Waals surface area contributed by atoms with Crippen LogP contribution in [0.2, 0.25) is 0 Å². The van der Waals surface area contributed by atoms with Crippen molar-refractivity contribution in [3.05, 3.63) is 35.4 Å². The van der Waals surface area contributed by atoms with Gasteiger partial charge in [-0.15, -0.1) is 0 Å². The lowest BCUT2D eigenvalue weighted by molar-refractivity contribution is 0.0697. The number of carbonyl (C=O) groups excluding carboxylic acids is 1. The lowest BCUT2D eigenvalue weighted by Crippen LogP contribution is -2.58. The number of hydrogen-bond donors (Lipinski definition) is 2. The minimum atomic E-state index is -1.02. The first-order valence-electron chi connectivity index (χ1n) is 6.72. The van der Waals surface area contributed by atoms with Crippen molar-refractivity contribution in [2.24, 2.45) is 0 Å². The molecule has 0 spiro atoms. The molecule has 1 amide bonds. The van der Waals surface area contributed by atoms with Crippen LogP contribution < -0.4 is 5.32 Å². The van der Waals surface area contributed by atoms with Gasteiger partial charge in [0.15, 0.2) is 0 Å². The fraction of sp³-hybridized carbons (Fsp3) is 0.467. The summed E-state index contributed by atoms with van der Waals surface area (Å²) in [5.74, 6) is -1.22. The van der Waals surface area contributed by atoms with Gasteiger partial charge in [0.1, 0.15) is 0 Å². The highest BCUT2D eigenvalue weighted by Crippen LogP contribution is 2.32. The Hall–Kier alpha value is -1.88. The van der Waals surface area contributed by atoms with E-state index in [9.17, 15) is 9.59 Å². The Kier molecular flexibility index (Phi) is 4.09. The van der Waals surface area contributed by atoms with E-state index in [-0.39, 0.29) is 17.0 Å². The predicted octanol–water partition coefficient (Wildman–Crippen LogP) is 1.60. The van der Waals surface area contributed by atoms with Crippen LogP contribution in [0.25, 0.3) is 0 Å². The molecule has 1 aliphatic carbocycles. The average molecular weight is 276 g/mol.